The van der Waals surface area contributed by atoms with Crippen molar-refractivity contribution in [3.63, 3.8) is 0 Å². The third kappa shape index (κ3) is 1.81. The summed E-state index contributed by atoms with van der Waals surface area (Å²) in [5, 5.41) is 3.34. The first-order chi connectivity index (χ1) is 5.34. The maximum atomic E-state index is 8.08. The van der Waals surface area contributed by atoms with Crippen molar-refractivity contribution < 1.29 is 0 Å². The van der Waals surface area contributed by atoms with Crippen molar-refractivity contribution >= 4 is 5.70 Å². The summed E-state index contributed by atoms with van der Waals surface area (Å²) >= 11 is 0. The highest BCUT2D eigenvalue weighted by molar-refractivity contribution is 5.60. The molecule has 0 aromatic carbocycles. The summed E-state index contributed by atoms with van der Waals surface area (Å²) < 4.78 is 0. The van der Waals surface area contributed by atoms with Gasteiger partial charge in [0.05, 0.1) is 0 Å². The molecule has 0 unspecified atom stereocenters. The number of nitrogens with zero attached hydrogens (tertiary/aromatic N) is 4. The number of hydrogen-bond donors (Lipinski definition) is 0. The second kappa shape index (κ2) is 3.39. The summed E-state index contributed by atoms with van der Waals surface area (Å²) in [7, 11) is 0. The van der Waals surface area contributed by atoms with Crippen molar-refractivity contribution in [2.75, 3.05) is 0 Å². The van der Waals surface area contributed by atoms with Crippen molar-refractivity contribution in [2.24, 2.45) is 5.11 Å². The topological polar surface area (TPSA) is 61.7 Å². The molecule has 1 aromatic rings. The fourth-order valence-electron chi connectivity index (χ4n) is 0.645. The average Bonchev–Trinajstić information content (AvgIpc) is 2.07. The van der Waals surface area contributed by atoms with Crippen LogP contribution in [0.4, 0.5) is 0 Å². The smallest absolute Gasteiger partial charge is 0.0391 e. The van der Waals surface area contributed by atoms with Gasteiger partial charge < -0.3 is 0 Å². The Morgan fingerprint density at radius 3 is 3.09 bits per heavy atom. The SMILES string of the molecule is C=C(N=[N+]=[N-])c1cccnc1. The normalized spacial score (nSPS) is 8.36. The molecule has 0 radical (unpaired) electrons. The van der Waals surface area contributed by atoms with Crippen LogP contribution in [0.5, 0.6) is 0 Å². The minimum Gasteiger partial charge on any atom is -0.264 e. The summed E-state index contributed by atoms with van der Waals surface area (Å²) in [4.78, 5) is 6.45. The van der Waals surface area contributed by atoms with Gasteiger partial charge in [0.2, 0.25) is 0 Å². The van der Waals surface area contributed by atoms with Gasteiger partial charge in [-0.2, -0.15) is 0 Å². The van der Waals surface area contributed by atoms with Crippen LogP contribution < -0.4 is 0 Å². The monoisotopic (exact) mass is 146 g/mol. The lowest BCUT2D eigenvalue weighted by Crippen LogP contribution is -1.78. The van der Waals surface area contributed by atoms with Crippen molar-refractivity contribution in [2.45, 2.75) is 0 Å². The van der Waals surface area contributed by atoms with Crippen LogP contribution in [-0.2, 0) is 0 Å². The van der Waals surface area contributed by atoms with Crippen molar-refractivity contribution in [1.82, 2.24) is 4.98 Å². The van der Waals surface area contributed by atoms with Crippen LogP contribution in [0.3, 0.4) is 0 Å². The first-order valence-corrected chi connectivity index (χ1v) is 2.99. The van der Waals surface area contributed by atoms with E-state index in [0.29, 0.717) is 5.70 Å². The lowest BCUT2D eigenvalue weighted by molar-refractivity contribution is 1.30. The Bertz CT molecular complexity index is 297. The predicted molar refractivity (Wildman–Crippen MR) is 42.4 cm³/mol. The minimum atomic E-state index is 0.389. The van der Waals surface area contributed by atoms with E-state index in [-0.39, 0.29) is 0 Å². The van der Waals surface area contributed by atoms with Crippen LogP contribution in [0, 0.1) is 0 Å². The lowest BCUT2D eigenvalue weighted by Gasteiger charge is -1.94. The Labute approximate surface area is 63.8 Å². The Kier molecular flexibility index (Phi) is 2.25. The van der Waals surface area contributed by atoms with Gasteiger partial charge in [0.25, 0.3) is 0 Å². The van der Waals surface area contributed by atoms with E-state index in [1.165, 1.54) is 0 Å². The van der Waals surface area contributed by atoms with Gasteiger partial charge in [0.15, 0.2) is 0 Å². The van der Waals surface area contributed by atoms with Crippen LogP contribution in [0.2, 0.25) is 0 Å². The molecule has 4 nitrogen and oxygen atoms in total. The predicted octanol–water partition coefficient (Wildman–Crippen LogP) is 2.36. The Morgan fingerprint density at radius 1 is 1.73 bits per heavy atom. The molecule has 0 aliphatic carbocycles. The third-order valence-corrected chi connectivity index (χ3v) is 1.16. The number of aromatic nitrogens is 1. The van der Waals surface area contributed by atoms with Gasteiger partial charge in [-0.25, -0.2) is 0 Å². The molecule has 0 atom stereocenters. The van der Waals surface area contributed by atoms with E-state index in [4.69, 9.17) is 5.53 Å². The first kappa shape index (κ1) is 7.31. The molecule has 0 N–H and O–H groups in total. The fraction of sp³-hybridized carbons (Fsp3) is 0. The molecule has 0 fully saturated rings. The second-order valence-corrected chi connectivity index (χ2v) is 1.88. The number of pyridine rings is 1. The van der Waals surface area contributed by atoms with Crippen LogP contribution in [0.1, 0.15) is 5.56 Å². The molecule has 0 saturated heterocycles. The molecule has 11 heavy (non-hydrogen) atoms. The van der Waals surface area contributed by atoms with Crippen LogP contribution in [0.15, 0.2) is 36.2 Å². The molecular formula is C7H6N4. The van der Waals surface area contributed by atoms with Gasteiger partial charge in [0, 0.05) is 28.6 Å². The van der Waals surface area contributed by atoms with Gasteiger partial charge in [0.1, 0.15) is 0 Å². The summed E-state index contributed by atoms with van der Waals surface area (Å²) in [6.45, 7) is 3.55. The van der Waals surface area contributed by atoms with Crippen LogP contribution >= 0.6 is 0 Å². The summed E-state index contributed by atoms with van der Waals surface area (Å²) in [6.07, 6.45) is 3.24. The highest BCUT2D eigenvalue weighted by Gasteiger charge is 1.92. The Hall–Kier alpha value is -1.80. The molecule has 0 amide bonds. The van der Waals surface area contributed by atoms with Gasteiger partial charge in [-0.3, -0.25) is 4.98 Å². The van der Waals surface area contributed by atoms with E-state index in [1.54, 1.807) is 24.5 Å². The molecule has 0 spiro atoms. The van der Waals surface area contributed by atoms with E-state index >= 15 is 0 Å². The average molecular weight is 146 g/mol. The molecule has 0 bridgehead atoms. The number of hydrogen-bond acceptors (Lipinski definition) is 2. The molecule has 1 heterocycles. The van der Waals surface area contributed by atoms with E-state index in [2.05, 4.69) is 21.6 Å². The maximum absolute atomic E-state index is 8.08. The molecule has 54 valence electrons. The molecular weight excluding hydrogens is 140 g/mol. The third-order valence-electron chi connectivity index (χ3n) is 1.16. The van der Waals surface area contributed by atoms with Gasteiger partial charge in [-0.05, 0) is 11.6 Å². The summed E-state index contributed by atoms with van der Waals surface area (Å²) in [6, 6.07) is 3.54. The standard InChI is InChI=1S/C7H6N4/c1-6(10-11-8)7-3-2-4-9-5-7/h2-5H,1H2. The summed E-state index contributed by atoms with van der Waals surface area (Å²) in [5.74, 6) is 0. The molecule has 1 rings (SSSR count). The minimum absolute atomic E-state index is 0.389. The van der Waals surface area contributed by atoms with Gasteiger partial charge in [-0.1, -0.05) is 17.8 Å². The molecule has 0 aliphatic rings. The number of azide groups is 1. The zero-order valence-corrected chi connectivity index (χ0v) is 5.81. The van der Waals surface area contributed by atoms with Crippen molar-refractivity contribution in [3.8, 4) is 0 Å². The van der Waals surface area contributed by atoms with Gasteiger partial charge >= 0.3 is 0 Å². The second-order valence-electron chi connectivity index (χ2n) is 1.88. The van der Waals surface area contributed by atoms with Crippen LogP contribution in [0.25, 0.3) is 16.1 Å². The maximum Gasteiger partial charge on any atom is 0.0391 e. The molecule has 0 aliphatic heterocycles. The zero-order valence-electron chi connectivity index (χ0n) is 5.81. The largest absolute Gasteiger partial charge is 0.264 e. The van der Waals surface area contributed by atoms with E-state index in [9.17, 15) is 0 Å². The first-order valence-electron chi connectivity index (χ1n) is 2.99. The highest BCUT2D eigenvalue weighted by Crippen LogP contribution is 2.10. The zero-order chi connectivity index (χ0) is 8.10. The van der Waals surface area contributed by atoms with E-state index < -0.39 is 0 Å². The molecule has 4 heteroatoms. The summed E-state index contributed by atoms with van der Waals surface area (Å²) in [5.41, 5.74) is 9.21. The van der Waals surface area contributed by atoms with E-state index in [1.807, 2.05) is 0 Å². The van der Waals surface area contributed by atoms with E-state index in [0.717, 1.165) is 5.56 Å². The highest BCUT2D eigenvalue weighted by atomic mass is 15.1. The van der Waals surface area contributed by atoms with Crippen molar-refractivity contribution in [1.29, 1.82) is 0 Å². The Morgan fingerprint density at radius 2 is 2.55 bits per heavy atom. The quantitative estimate of drug-likeness (QED) is 0.359. The Balaban J connectivity index is 2.94. The van der Waals surface area contributed by atoms with Crippen LogP contribution in [-0.4, -0.2) is 4.98 Å². The number of rotatable bonds is 2. The molecule has 1 aromatic heterocycles. The molecule has 0 saturated carbocycles. The fourth-order valence-corrected chi connectivity index (χ4v) is 0.645. The van der Waals surface area contributed by atoms with Gasteiger partial charge in [-0.15, -0.1) is 0 Å². The van der Waals surface area contributed by atoms with Crippen molar-refractivity contribution in [3.05, 3.63) is 47.1 Å². The lowest BCUT2D eigenvalue weighted by atomic mass is 10.2.